The number of aliphatic hydroxyl groups excluding tert-OH is 2. The number of hydrogen-bond acceptors (Lipinski definition) is 4. The molecule has 0 fully saturated rings. The molecule has 4 N–H and O–H groups in total. The molecule has 33 heavy (non-hydrogen) atoms. The molecule has 2 rings (SSSR count). The Bertz CT molecular complexity index is 778. The molecule has 6 nitrogen and oxygen atoms in total. The van der Waals surface area contributed by atoms with Crippen LogP contribution in [0.25, 0.3) is 0 Å². The van der Waals surface area contributed by atoms with Crippen LogP contribution in [0.15, 0.2) is 48.5 Å². The van der Waals surface area contributed by atoms with Crippen LogP contribution in [0.2, 0.25) is 0 Å². The fourth-order valence-corrected chi connectivity index (χ4v) is 2.72. The monoisotopic (exact) mass is 460 g/mol. The summed E-state index contributed by atoms with van der Waals surface area (Å²) in [4.78, 5) is 21.1. The Morgan fingerprint density at radius 2 is 0.879 bits per heavy atom. The largest absolute Gasteiger partial charge is 0.478 e. The summed E-state index contributed by atoms with van der Waals surface area (Å²) in [5.41, 5.74) is 3.14. The second-order valence-electron chi connectivity index (χ2n) is 10.2. The fourth-order valence-electron chi connectivity index (χ4n) is 2.72. The van der Waals surface area contributed by atoms with E-state index in [9.17, 15) is 9.59 Å². The molecular weight excluding hydrogens is 420 g/mol. The summed E-state index contributed by atoms with van der Waals surface area (Å²) in [6.07, 6.45) is -0.278. The number of benzene rings is 2. The zero-order valence-electron chi connectivity index (χ0n) is 21.1. The van der Waals surface area contributed by atoms with E-state index in [0.29, 0.717) is 17.5 Å². The molecule has 0 aliphatic heterocycles. The maximum atomic E-state index is 10.6. The predicted octanol–water partition coefficient (Wildman–Crippen LogP) is 5.50. The molecular formula is C27H40O6. The average Bonchev–Trinajstić information content (AvgIpc) is 2.66. The third kappa shape index (κ3) is 12.8. The first kappa shape index (κ1) is 30.3. The molecule has 2 aromatic rings. The Hall–Kier alpha value is -2.70. The molecule has 0 aromatic heterocycles. The van der Waals surface area contributed by atoms with Crippen molar-refractivity contribution in [1.29, 1.82) is 0 Å². The molecule has 0 bridgehead atoms. The topological polar surface area (TPSA) is 115 Å². The molecule has 2 unspecified atom stereocenters. The van der Waals surface area contributed by atoms with Crippen molar-refractivity contribution in [3.8, 4) is 0 Å². The second kappa shape index (κ2) is 13.1. The van der Waals surface area contributed by atoms with Gasteiger partial charge in [0, 0.05) is 0 Å². The summed E-state index contributed by atoms with van der Waals surface area (Å²) in [7, 11) is 0. The van der Waals surface area contributed by atoms with Gasteiger partial charge < -0.3 is 20.4 Å². The van der Waals surface area contributed by atoms with Gasteiger partial charge in [-0.2, -0.15) is 0 Å². The van der Waals surface area contributed by atoms with Crippen molar-refractivity contribution in [2.75, 3.05) is 0 Å². The van der Waals surface area contributed by atoms with Crippen molar-refractivity contribution < 1.29 is 30.0 Å². The van der Waals surface area contributed by atoms with Gasteiger partial charge in [0.25, 0.3) is 0 Å². The minimum absolute atomic E-state index is 0.0804. The standard InChI is InChI=1S/2C11H14O2.C5H12O2/c2*1-11(2,3)9-6-4-8(5-7-9)10(12)13;1-4(6)3-5(2)7/h2*4-7H,1-3H3,(H,12,13);4-7H,3H2,1-2H3. The van der Waals surface area contributed by atoms with Crippen molar-refractivity contribution in [1.82, 2.24) is 0 Å². The van der Waals surface area contributed by atoms with E-state index < -0.39 is 11.9 Å². The maximum absolute atomic E-state index is 10.6. The van der Waals surface area contributed by atoms with Gasteiger partial charge in [0.2, 0.25) is 0 Å². The maximum Gasteiger partial charge on any atom is 0.335 e. The van der Waals surface area contributed by atoms with E-state index in [0.717, 1.165) is 11.1 Å². The van der Waals surface area contributed by atoms with E-state index in [1.54, 1.807) is 38.1 Å². The summed E-state index contributed by atoms with van der Waals surface area (Å²) in [6.45, 7) is 15.9. The number of aromatic carboxylic acids is 2. The Balaban J connectivity index is 0.000000490. The lowest BCUT2D eigenvalue weighted by Gasteiger charge is -2.18. The van der Waals surface area contributed by atoms with Crippen LogP contribution in [0.1, 0.15) is 93.7 Å². The molecule has 0 saturated heterocycles. The van der Waals surface area contributed by atoms with Gasteiger partial charge in [0.05, 0.1) is 23.3 Å². The first-order valence-electron chi connectivity index (χ1n) is 11.0. The van der Waals surface area contributed by atoms with Crippen LogP contribution in [0, 0.1) is 0 Å². The fraction of sp³-hybridized carbons (Fsp3) is 0.481. The van der Waals surface area contributed by atoms with Gasteiger partial charge >= 0.3 is 11.9 Å². The van der Waals surface area contributed by atoms with Gasteiger partial charge in [0.15, 0.2) is 0 Å². The summed E-state index contributed by atoms with van der Waals surface area (Å²) in [5, 5.41) is 34.5. The molecule has 6 heteroatoms. The van der Waals surface area contributed by atoms with Gasteiger partial charge in [-0.05, 0) is 66.5 Å². The highest BCUT2D eigenvalue weighted by molar-refractivity contribution is 5.88. The lowest BCUT2D eigenvalue weighted by molar-refractivity contribution is 0.0686. The Kier molecular flexibility index (Phi) is 12.0. The number of hydrogen-bond donors (Lipinski definition) is 4. The van der Waals surface area contributed by atoms with E-state index >= 15 is 0 Å². The number of carbonyl (C=O) groups is 2. The Morgan fingerprint density at radius 3 is 1.00 bits per heavy atom. The van der Waals surface area contributed by atoms with Crippen molar-refractivity contribution in [2.45, 2.75) is 84.8 Å². The molecule has 0 amide bonds. The molecule has 0 aliphatic carbocycles. The van der Waals surface area contributed by atoms with Crippen molar-refractivity contribution in [2.24, 2.45) is 0 Å². The van der Waals surface area contributed by atoms with E-state index in [2.05, 4.69) is 41.5 Å². The SMILES string of the molecule is CC(C)(C)c1ccc(C(=O)O)cc1.CC(C)(C)c1ccc(C(=O)O)cc1.CC(O)CC(C)O. The average molecular weight is 461 g/mol. The van der Waals surface area contributed by atoms with Gasteiger partial charge in [-0.1, -0.05) is 65.8 Å². The van der Waals surface area contributed by atoms with Crippen molar-refractivity contribution in [3.63, 3.8) is 0 Å². The van der Waals surface area contributed by atoms with Crippen LogP contribution >= 0.6 is 0 Å². The molecule has 2 atom stereocenters. The Labute approximate surface area is 197 Å². The third-order valence-electron chi connectivity index (χ3n) is 4.68. The van der Waals surface area contributed by atoms with Crippen LogP contribution in [0.5, 0.6) is 0 Å². The highest BCUT2D eigenvalue weighted by Crippen LogP contribution is 2.22. The van der Waals surface area contributed by atoms with Crippen molar-refractivity contribution >= 4 is 11.9 Å². The van der Waals surface area contributed by atoms with Gasteiger partial charge in [-0.25, -0.2) is 9.59 Å². The first-order valence-corrected chi connectivity index (χ1v) is 11.0. The number of aliphatic hydroxyl groups is 2. The summed E-state index contributed by atoms with van der Waals surface area (Å²) in [6, 6.07) is 14.0. The molecule has 0 radical (unpaired) electrons. The van der Waals surface area contributed by atoms with Crippen molar-refractivity contribution in [3.05, 3.63) is 70.8 Å². The first-order chi connectivity index (χ1) is 14.9. The number of carboxylic acid groups (broad SMARTS) is 2. The molecule has 184 valence electrons. The van der Waals surface area contributed by atoms with E-state index in [1.165, 1.54) is 0 Å². The summed E-state index contributed by atoms with van der Waals surface area (Å²) < 4.78 is 0. The van der Waals surface area contributed by atoms with Crippen LogP contribution in [0.3, 0.4) is 0 Å². The van der Waals surface area contributed by atoms with Crippen LogP contribution < -0.4 is 0 Å². The molecule has 0 heterocycles. The molecule has 0 saturated carbocycles. The third-order valence-corrected chi connectivity index (χ3v) is 4.68. The highest BCUT2D eigenvalue weighted by atomic mass is 16.4. The van der Waals surface area contributed by atoms with Gasteiger partial charge in [-0.15, -0.1) is 0 Å². The highest BCUT2D eigenvalue weighted by Gasteiger charge is 2.14. The van der Waals surface area contributed by atoms with Crippen LogP contribution in [0.4, 0.5) is 0 Å². The van der Waals surface area contributed by atoms with E-state index in [4.69, 9.17) is 20.4 Å². The van der Waals surface area contributed by atoms with Crippen LogP contribution in [-0.4, -0.2) is 44.6 Å². The molecule has 2 aromatic carbocycles. The zero-order chi connectivity index (χ0) is 26.0. The zero-order valence-corrected chi connectivity index (χ0v) is 21.1. The lowest BCUT2D eigenvalue weighted by atomic mass is 9.87. The predicted molar refractivity (Wildman–Crippen MR) is 132 cm³/mol. The lowest BCUT2D eigenvalue weighted by Crippen LogP contribution is -2.11. The smallest absolute Gasteiger partial charge is 0.335 e. The number of carboxylic acids is 2. The quantitative estimate of drug-likeness (QED) is 0.479. The minimum atomic E-state index is -0.875. The summed E-state index contributed by atoms with van der Waals surface area (Å²) in [5.74, 6) is -1.75. The van der Waals surface area contributed by atoms with E-state index in [1.807, 2.05) is 24.3 Å². The second-order valence-corrected chi connectivity index (χ2v) is 10.2. The molecule has 0 aliphatic rings. The Morgan fingerprint density at radius 1 is 0.636 bits per heavy atom. The van der Waals surface area contributed by atoms with Gasteiger partial charge in [0.1, 0.15) is 0 Å². The normalized spacial score (nSPS) is 12.9. The van der Waals surface area contributed by atoms with Gasteiger partial charge in [-0.3, -0.25) is 0 Å². The van der Waals surface area contributed by atoms with E-state index in [-0.39, 0.29) is 23.0 Å². The van der Waals surface area contributed by atoms with Crippen LogP contribution in [-0.2, 0) is 10.8 Å². The molecule has 0 spiro atoms. The number of rotatable bonds is 4. The summed E-state index contributed by atoms with van der Waals surface area (Å²) >= 11 is 0. The minimum Gasteiger partial charge on any atom is -0.478 e.